The zero-order valence-corrected chi connectivity index (χ0v) is 18.9. The van der Waals surface area contributed by atoms with Gasteiger partial charge in [0.2, 0.25) is 0 Å². The first-order chi connectivity index (χ1) is 14.9. The van der Waals surface area contributed by atoms with Crippen LogP contribution in [0.2, 0.25) is 0 Å². The molecule has 0 aromatic heterocycles. The summed E-state index contributed by atoms with van der Waals surface area (Å²) in [5.41, 5.74) is 1.21. The molecule has 4 atom stereocenters. The Balaban J connectivity index is 1.71. The summed E-state index contributed by atoms with van der Waals surface area (Å²) in [4.78, 5) is 23.9. The molecule has 0 bridgehead atoms. The summed E-state index contributed by atoms with van der Waals surface area (Å²) in [5.74, 6) is -0.340. The quantitative estimate of drug-likeness (QED) is 0.275. The number of rotatable bonds is 13. The molecule has 2 rings (SSSR count). The molecule has 31 heavy (non-hydrogen) atoms. The van der Waals surface area contributed by atoms with E-state index >= 15 is 0 Å². The van der Waals surface area contributed by atoms with Gasteiger partial charge >= 0.3 is 5.97 Å². The molecule has 1 aliphatic rings. The van der Waals surface area contributed by atoms with Crippen molar-refractivity contribution in [3.05, 3.63) is 48.0 Å². The molecule has 0 amide bonds. The van der Waals surface area contributed by atoms with Gasteiger partial charge in [-0.15, -0.1) is 0 Å². The molecule has 0 spiro atoms. The highest BCUT2D eigenvalue weighted by atomic mass is 16.5. The molecule has 0 aliphatic heterocycles. The van der Waals surface area contributed by atoms with Crippen molar-refractivity contribution in [2.24, 2.45) is 11.8 Å². The lowest BCUT2D eigenvalue weighted by Gasteiger charge is -2.21. The molecule has 1 saturated carbocycles. The van der Waals surface area contributed by atoms with E-state index in [1.54, 1.807) is 0 Å². The number of aliphatic hydroxyl groups excluding tert-OH is 2. The monoisotopic (exact) mass is 430 g/mol. The van der Waals surface area contributed by atoms with Gasteiger partial charge < -0.3 is 14.9 Å². The summed E-state index contributed by atoms with van der Waals surface area (Å²) in [6.45, 7) is 3.67. The van der Waals surface area contributed by atoms with Crippen LogP contribution in [-0.4, -0.2) is 40.3 Å². The van der Waals surface area contributed by atoms with Crippen LogP contribution < -0.4 is 0 Å². The number of aliphatic hydroxyl groups is 2. The second kappa shape index (κ2) is 13.4. The zero-order valence-electron chi connectivity index (χ0n) is 18.9. The first-order valence-corrected chi connectivity index (χ1v) is 11.6. The van der Waals surface area contributed by atoms with Gasteiger partial charge in [0.05, 0.1) is 18.3 Å². The molecule has 1 fully saturated rings. The van der Waals surface area contributed by atoms with Crippen LogP contribution in [0.15, 0.2) is 42.5 Å². The Hall–Kier alpha value is -1.98. The summed E-state index contributed by atoms with van der Waals surface area (Å²) in [5, 5.41) is 20.7. The molecule has 172 valence electrons. The number of Topliss-reactive ketones (excluding diaryl/α,β-unsaturated/α-hetero) is 1. The summed E-state index contributed by atoms with van der Waals surface area (Å²) >= 11 is 0. The van der Waals surface area contributed by atoms with Crippen molar-refractivity contribution in [1.29, 1.82) is 0 Å². The minimum atomic E-state index is -0.613. The maximum absolute atomic E-state index is 12.3. The van der Waals surface area contributed by atoms with Crippen LogP contribution in [-0.2, 0) is 20.7 Å². The topological polar surface area (TPSA) is 83.8 Å². The summed E-state index contributed by atoms with van der Waals surface area (Å²) in [6.07, 6.45) is 8.34. The van der Waals surface area contributed by atoms with Crippen molar-refractivity contribution >= 4 is 11.8 Å². The fourth-order valence-corrected chi connectivity index (χ4v) is 4.27. The maximum atomic E-state index is 12.3. The highest BCUT2D eigenvalue weighted by Gasteiger charge is 2.40. The maximum Gasteiger partial charge on any atom is 0.306 e. The molecule has 1 aliphatic carbocycles. The number of carbonyl (C=O) groups is 2. The molecule has 0 heterocycles. The van der Waals surface area contributed by atoms with Gasteiger partial charge in [-0.3, -0.25) is 9.59 Å². The summed E-state index contributed by atoms with van der Waals surface area (Å²) < 4.78 is 5.11. The van der Waals surface area contributed by atoms with Crippen molar-refractivity contribution in [2.45, 2.75) is 89.9 Å². The van der Waals surface area contributed by atoms with Crippen molar-refractivity contribution < 1.29 is 24.5 Å². The van der Waals surface area contributed by atoms with Gasteiger partial charge in [0, 0.05) is 18.8 Å². The number of unbranched alkanes of at least 4 members (excludes halogenated alkanes) is 1. The number of carbonyl (C=O) groups excluding carboxylic acids is 2. The number of hydrogen-bond acceptors (Lipinski definition) is 5. The lowest BCUT2D eigenvalue weighted by Crippen LogP contribution is -2.22. The standard InChI is InChI=1S/C26H38O5/c1-19(2)31-26(30)13-9-4-3-8-12-22-23(25(29)18-24(22)28)17-16-21(27)15-14-20-10-6-5-7-11-20/h3,5-8,10-11,19,21-23,25,27,29H,4,9,12-18H2,1-2H3/t21?,22-,23-,25-/m1/s1. The normalized spacial score (nSPS) is 22.4. The second-order valence-corrected chi connectivity index (χ2v) is 8.90. The van der Waals surface area contributed by atoms with Crippen molar-refractivity contribution in [3.63, 3.8) is 0 Å². The first-order valence-electron chi connectivity index (χ1n) is 11.6. The van der Waals surface area contributed by atoms with E-state index in [0.717, 1.165) is 19.3 Å². The largest absolute Gasteiger partial charge is 0.463 e. The SMILES string of the molecule is CC(C)OC(=O)CCCC=CC[C@H]1C(=O)C[C@@H](O)[C@@H]1CCC(O)CCc1ccccc1. The Bertz CT molecular complexity index is 697. The molecule has 1 aromatic rings. The Labute approximate surface area is 186 Å². The third-order valence-electron chi connectivity index (χ3n) is 5.95. The molecule has 5 heteroatoms. The number of aryl methyl sites for hydroxylation is 1. The minimum Gasteiger partial charge on any atom is -0.463 e. The fourth-order valence-electron chi connectivity index (χ4n) is 4.27. The Morgan fingerprint density at radius 3 is 2.65 bits per heavy atom. The number of ketones is 1. The van der Waals surface area contributed by atoms with Gasteiger partial charge in [0.1, 0.15) is 5.78 Å². The first kappa shape index (κ1) is 25.3. The van der Waals surface area contributed by atoms with Gasteiger partial charge in [-0.1, -0.05) is 42.5 Å². The van der Waals surface area contributed by atoms with Crippen LogP contribution in [0.5, 0.6) is 0 Å². The smallest absolute Gasteiger partial charge is 0.306 e. The van der Waals surface area contributed by atoms with E-state index in [9.17, 15) is 19.8 Å². The third-order valence-corrected chi connectivity index (χ3v) is 5.95. The molecule has 2 N–H and O–H groups in total. The second-order valence-electron chi connectivity index (χ2n) is 8.90. The Morgan fingerprint density at radius 2 is 1.94 bits per heavy atom. The number of allylic oxidation sites excluding steroid dienone is 2. The van der Waals surface area contributed by atoms with Gasteiger partial charge in [-0.05, 0) is 70.3 Å². The Kier molecular flexibility index (Phi) is 11.0. The van der Waals surface area contributed by atoms with Crippen molar-refractivity contribution in [1.82, 2.24) is 0 Å². The zero-order chi connectivity index (χ0) is 22.6. The van der Waals surface area contributed by atoms with Crippen LogP contribution in [0, 0.1) is 11.8 Å². The van der Waals surface area contributed by atoms with E-state index in [1.165, 1.54) is 5.56 Å². The van der Waals surface area contributed by atoms with Gasteiger partial charge in [-0.25, -0.2) is 0 Å². The molecular weight excluding hydrogens is 392 g/mol. The van der Waals surface area contributed by atoms with Gasteiger partial charge in [0.15, 0.2) is 0 Å². The average molecular weight is 431 g/mol. The van der Waals surface area contributed by atoms with E-state index < -0.39 is 12.2 Å². The van der Waals surface area contributed by atoms with E-state index in [0.29, 0.717) is 32.1 Å². The van der Waals surface area contributed by atoms with E-state index in [1.807, 2.05) is 44.2 Å². The predicted octanol–water partition coefficient (Wildman–Crippen LogP) is 4.39. The van der Waals surface area contributed by atoms with E-state index in [4.69, 9.17) is 4.74 Å². The molecular formula is C26H38O5. The molecule has 5 nitrogen and oxygen atoms in total. The van der Waals surface area contributed by atoms with Crippen LogP contribution in [0.25, 0.3) is 0 Å². The lowest BCUT2D eigenvalue weighted by molar-refractivity contribution is -0.147. The van der Waals surface area contributed by atoms with Gasteiger partial charge in [-0.2, -0.15) is 0 Å². The molecule has 0 saturated heterocycles. The lowest BCUT2D eigenvalue weighted by atomic mass is 9.86. The van der Waals surface area contributed by atoms with Crippen molar-refractivity contribution in [2.75, 3.05) is 0 Å². The number of benzene rings is 1. The predicted molar refractivity (Wildman–Crippen MR) is 121 cm³/mol. The van der Waals surface area contributed by atoms with Crippen molar-refractivity contribution in [3.8, 4) is 0 Å². The van der Waals surface area contributed by atoms with Crippen LogP contribution >= 0.6 is 0 Å². The summed E-state index contributed by atoms with van der Waals surface area (Å²) in [6, 6.07) is 10.1. The van der Waals surface area contributed by atoms with Crippen LogP contribution in [0.4, 0.5) is 0 Å². The number of esters is 1. The molecule has 1 aromatic carbocycles. The summed E-state index contributed by atoms with van der Waals surface area (Å²) in [7, 11) is 0. The third kappa shape index (κ3) is 9.36. The van der Waals surface area contributed by atoms with Crippen LogP contribution in [0.3, 0.4) is 0 Å². The average Bonchev–Trinajstić information content (AvgIpc) is 3.00. The van der Waals surface area contributed by atoms with Crippen LogP contribution in [0.1, 0.15) is 70.8 Å². The van der Waals surface area contributed by atoms with E-state index in [-0.39, 0.29) is 36.1 Å². The minimum absolute atomic E-state index is 0.0864. The Morgan fingerprint density at radius 1 is 1.19 bits per heavy atom. The fraction of sp³-hybridized carbons (Fsp3) is 0.615. The van der Waals surface area contributed by atoms with Gasteiger partial charge in [0.25, 0.3) is 0 Å². The molecule has 1 unspecified atom stereocenters. The highest BCUT2D eigenvalue weighted by molar-refractivity contribution is 5.84. The number of ether oxygens (including phenoxy) is 1. The highest BCUT2D eigenvalue weighted by Crippen LogP contribution is 2.36. The molecule has 0 radical (unpaired) electrons. The number of hydrogen-bond donors (Lipinski definition) is 2. The van der Waals surface area contributed by atoms with E-state index in [2.05, 4.69) is 12.1 Å².